The smallest absolute Gasteiger partial charge is 0.193 e. The first-order chi connectivity index (χ1) is 12.1. The summed E-state index contributed by atoms with van der Waals surface area (Å²) in [4.78, 5) is 11.4. The third-order valence-electron chi connectivity index (χ3n) is 4.42. The summed E-state index contributed by atoms with van der Waals surface area (Å²) in [7, 11) is 5.69. The standard InChI is InChI=1S/C18H30ClN5O.HI/c1-20-18(21-7-8-22(2)13-14-25-3)24-11-9-23(10-12-24)17-6-4-5-16(19)15-17;/h4-6,15H,7-14H2,1-3H3,(H,20,21);1H. The number of nitrogens with one attached hydrogen (secondary N) is 1. The van der Waals surface area contributed by atoms with Gasteiger partial charge in [-0.25, -0.2) is 0 Å². The molecule has 0 aliphatic carbocycles. The Morgan fingerprint density at radius 1 is 1.27 bits per heavy atom. The Hall–Kier alpha value is -0.770. The van der Waals surface area contributed by atoms with Crippen LogP contribution in [0.5, 0.6) is 0 Å². The lowest BCUT2D eigenvalue weighted by Gasteiger charge is -2.37. The van der Waals surface area contributed by atoms with Crippen molar-refractivity contribution in [1.82, 2.24) is 15.1 Å². The van der Waals surface area contributed by atoms with E-state index < -0.39 is 0 Å². The van der Waals surface area contributed by atoms with E-state index in [-0.39, 0.29) is 24.0 Å². The van der Waals surface area contributed by atoms with Crippen molar-refractivity contribution in [2.24, 2.45) is 4.99 Å². The molecule has 1 aliphatic rings. The third-order valence-corrected chi connectivity index (χ3v) is 4.65. The van der Waals surface area contributed by atoms with Crippen molar-refractivity contribution in [1.29, 1.82) is 0 Å². The van der Waals surface area contributed by atoms with Gasteiger partial charge >= 0.3 is 0 Å². The van der Waals surface area contributed by atoms with Crippen LogP contribution in [0, 0.1) is 0 Å². The Bertz CT molecular complexity index is 552. The number of nitrogens with zero attached hydrogens (tertiary/aromatic N) is 4. The number of piperazine rings is 1. The fourth-order valence-electron chi connectivity index (χ4n) is 2.90. The molecule has 0 spiro atoms. The van der Waals surface area contributed by atoms with Gasteiger partial charge in [0.15, 0.2) is 5.96 Å². The van der Waals surface area contributed by atoms with Gasteiger partial charge in [-0.1, -0.05) is 17.7 Å². The monoisotopic (exact) mass is 495 g/mol. The summed E-state index contributed by atoms with van der Waals surface area (Å²) in [6.45, 7) is 7.37. The molecule has 0 bridgehead atoms. The van der Waals surface area contributed by atoms with Crippen molar-refractivity contribution in [3.63, 3.8) is 0 Å². The third kappa shape index (κ3) is 7.46. The Morgan fingerprint density at radius 2 is 2.00 bits per heavy atom. The van der Waals surface area contributed by atoms with Gasteiger partial charge in [-0.2, -0.15) is 0 Å². The molecule has 148 valence electrons. The Morgan fingerprint density at radius 3 is 2.62 bits per heavy atom. The predicted octanol–water partition coefficient (Wildman–Crippen LogP) is 2.23. The first-order valence-corrected chi connectivity index (χ1v) is 9.15. The molecule has 1 aromatic carbocycles. The molecule has 1 fully saturated rings. The number of guanidine groups is 1. The number of anilines is 1. The van der Waals surface area contributed by atoms with Crippen LogP contribution in [0.1, 0.15) is 0 Å². The quantitative estimate of drug-likeness (QED) is 0.357. The molecule has 1 heterocycles. The summed E-state index contributed by atoms with van der Waals surface area (Å²) in [6, 6.07) is 8.06. The minimum atomic E-state index is 0. The summed E-state index contributed by atoms with van der Waals surface area (Å²) in [5, 5.41) is 4.25. The Kier molecular flexibility index (Phi) is 11.3. The van der Waals surface area contributed by atoms with E-state index in [4.69, 9.17) is 16.3 Å². The summed E-state index contributed by atoms with van der Waals surface area (Å²) < 4.78 is 5.10. The molecule has 0 atom stereocenters. The van der Waals surface area contributed by atoms with E-state index in [1.54, 1.807) is 7.11 Å². The Labute approximate surface area is 179 Å². The minimum absolute atomic E-state index is 0. The molecule has 6 nitrogen and oxygen atoms in total. The Balaban J connectivity index is 0.00000338. The molecule has 0 saturated carbocycles. The number of ether oxygens (including phenoxy) is 1. The molecule has 0 radical (unpaired) electrons. The van der Waals surface area contributed by atoms with Crippen molar-refractivity contribution in [3.8, 4) is 0 Å². The van der Waals surface area contributed by atoms with Crippen LogP contribution in [0.25, 0.3) is 0 Å². The van der Waals surface area contributed by atoms with Crippen LogP contribution in [0.4, 0.5) is 5.69 Å². The molecule has 1 N–H and O–H groups in total. The molecule has 0 unspecified atom stereocenters. The van der Waals surface area contributed by atoms with Gasteiger partial charge in [-0.05, 0) is 25.2 Å². The fraction of sp³-hybridized carbons (Fsp3) is 0.611. The molecule has 0 amide bonds. The largest absolute Gasteiger partial charge is 0.383 e. The molecule has 1 saturated heterocycles. The van der Waals surface area contributed by atoms with Crippen LogP contribution in [0.3, 0.4) is 0 Å². The van der Waals surface area contributed by atoms with E-state index in [9.17, 15) is 0 Å². The maximum Gasteiger partial charge on any atom is 0.193 e. The van der Waals surface area contributed by atoms with E-state index in [2.05, 4.69) is 38.1 Å². The summed E-state index contributed by atoms with van der Waals surface area (Å²) in [5.41, 5.74) is 1.19. The number of hydrogen-bond acceptors (Lipinski definition) is 4. The number of likely N-dealkylation sites (N-methyl/N-ethyl adjacent to an activating group) is 1. The number of aliphatic imine (C=N–C) groups is 1. The zero-order valence-corrected chi connectivity index (χ0v) is 19.0. The topological polar surface area (TPSA) is 43.3 Å². The average Bonchev–Trinajstić information content (AvgIpc) is 2.64. The van der Waals surface area contributed by atoms with Crippen LogP contribution < -0.4 is 10.2 Å². The van der Waals surface area contributed by atoms with Crippen molar-refractivity contribution in [3.05, 3.63) is 29.3 Å². The van der Waals surface area contributed by atoms with Gasteiger partial charge in [0.2, 0.25) is 0 Å². The van der Waals surface area contributed by atoms with E-state index in [0.29, 0.717) is 0 Å². The lowest BCUT2D eigenvalue weighted by Crippen LogP contribution is -2.53. The molecular formula is C18H31ClIN5O. The van der Waals surface area contributed by atoms with Crippen molar-refractivity contribution >= 4 is 47.2 Å². The molecule has 1 aromatic rings. The second kappa shape index (κ2) is 12.6. The number of rotatable bonds is 7. The minimum Gasteiger partial charge on any atom is -0.383 e. The highest BCUT2D eigenvalue weighted by atomic mass is 127. The molecular weight excluding hydrogens is 465 g/mol. The molecule has 0 aromatic heterocycles. The fourth-order valence-corrected chi connectivity index (χ4v) is 3.08. The maximum absolute atomic E-state index is 6.10. The lowest BCUT2D eigenvalue weighted by molar-refractivity contribution is 0.162. The van der Waals surface area contributed by atoms with Crippen LogP contribution in [0.15, 0.2) is 29.3 Å². The summed E-state index contributed by atoms with van der Waals surface area (Å²) >= 11 is 6.10. The van der Waals surface area contributed by atoms with Gasteiger partial charge in [0, 0.05) is 70.7 Å². The van der Waals surface area contributed by atoms with Crippen molar-refractivity contribution in [2.45, 2.75) is 0 Å². The summed E-state index contributed by atoms with van der Waals surface area (Å²) in [5.74, 6) is 0.978. The first kappa shape index (κ1) is 23.3. The van der Waals surface area contributed by atoms with Gasteiger partial charge in [0.25, 0.3) is 0 Å². The highest BCUT2D eigenvalue weighted by Crippen LogP contribution is 2.20. The van der Waals surface area contributed by atoms with Crippen LogP contribution in [0.2, 0.25) is 5.02 Å². The van der Waals surface area contributed by atoms with Gasteiger partial charge in [0.1, 0.15) is 0 Å². The van der Waals surface area contributed by atoms with Crippen LogP contribution in [-0.2, 0) is 4.74 Å². The second-order valence-electron chi connectivity index (χ2n) is 6.22. The molecule has 8 heteroatoms. The van der Waals surface area contributed by atoms with Crippen molar-refractivity contribution < 1.29 is 4.74 Å². The van der Waals surface area contributed by atoms with Gasteiger partial charge in [-0.3, -0.25) is 4.99 Å². The van der Waals surface area contributed by atoms with Gasteiger partial charge in [-0.15, -0.1) is 24.0 Å². The molecule has 26 heavy (non-hydrogen) atoms. The lowest BCUT2D eigenvalue weighted by atomic mass is 10.2. The maximum atomic E-state index is 6.10. The number of halogens is 2. The van der Waals surface area contributed by atoms with E-state index in [0.717, 1.165) is 63.4 Å². The zero-order valence-electron chi connectivity index (χ0n) is 15.9. The number of hydrogen-bond donors (Lipinski definition) is 1. The van der Waals surface area contributed by atoms with Crippen LogP contribution in [-0.4, -0.2) is 89.4 Å². The predicted molar refractivity (Wildman–Crippen MR) is 121 cm³/mol. The number of methoxy groups -OCH3 is 1. The molecule has 1 aliphatic heterocycles. The normalized spacial score (nSPS) is 15.2. The SMILES string of the molecule is CN=C(NCCN(C)CCOC)N1CCN(c2cccc(Cl)c2)CC1.I. The number of benzene rings is 1. The van der Waals surface area contributed by atoms with Crippen molar-refractivity contribution in [2.75, 3.05) is 78.5 Å². The molecule has 2 rings (SSSR count). The first-order valence-electron chi connectivity index (χ1n) is 8.77. The van der Waals surface area contributed by atoms with E-state index in [1.807, 2.05) is 25.2 Å². The second-order valence-corrected chi connectivity index (χ2v) is 6.66. The van der Waals surface area contributed by atoms with Crippen LogP contribution >= 0.6 is 35.6 Å². The highest BCUT2D eigenvalue weighted by Gasteiger charge is 2.19. The van der Waals surface area contributed by atoms with Gasteiger partial charge in [0.05, 0.1) is 6.61 Å². The summed E-state index contributed by atoms with van der Waals surface area (Å²) in [6.07, 6.45) is 0. The average molecular weight is 496 g/mol. The highest BCUT2D eigenvalue weighted by molar-refractivity contribution is 14.0. The van der Waals surface area contributed by atoms with Gasteiger partial charge < -0.3 is 24.8 Å². The van der Waals surface area contributed by atoms with E-state index >= 15 is 0 Å². The van der Waals surface area contributed by atoms with E-state index in [1.165, 1.54) is 5.69 Å². The zero-order chi connectivity index (χ0) is 18.1.